The van der Waals surface area contributed by atoms with E-state index >= 15 is 0 Å². The zero-order valence-electron chi connectivity index (χ0n) is 11.9. The largest absolute Gasteiger partial charge is 0.353 e. The molecule has 1 saturated heterocycles. The molecule has 0 radical (unpaired) electrons. The fourth-order valence-corrected chi connectivity index (χ4v) is 2.74. The summed E-state index contributed by atoms with van der Waals surface area (Å²) in [7, 11) is 0. The van der Waals surface area contributed by atoms with Gasteiger partial charge in [0, 0.05) is 12.6 Å². The molecule has 1 aromatic carbocycles. The highest BCUT2D eigenvalue weighted by Crippen LogP contribution is 2.16. The van der Waals surface area contributed by atoms with E-state index in [-0.39, 0.29) is 17.9 Å². The predicted octanol–water partition coefficient (Wildman–Crippen LogP) is 1.98. The minimum atomic E-state index is 0.127. The van der Waals surface area contributed by atoms with E-state index in [2.05, 4.69) is 36.6 Å². The number of nitrogens with one attached hydrogen (secondary N) is 2. The second-order valence-corrected chi connectivity index (χ2v) is 5.80. The Morgan fingerprint density at radius 1 is 1.37 bits per heavy atom. The van der Waals surface area contributed by atoms with Crippen molar-refractivity contribution in [3.8, 4) is 0 Å². The van der Waals surface area contributed by atoms with E-state index in [1.54, 1.807) is 0 Å². The number of rotatable bonds is 4. The van der Waals surface area contributed by atoms with Gasteiger partial charge < -0.3 is 10.6 Å². The minimum absolute atomic E-state index is 0.127. The number of hydrogen-bond donors (Lipinski definition) is 2. The molecule has 3 nitrogen and oxygen atoms in total. The summed E-state index contributed by atoms with van der Waals surface area (Å²) < 4.78 is 0. The van der Waals surface area contributed by atoms with Crippen molar-refractivity contribution in [3.05, 3.63) is 35.9 Å². The summed E-state index contributed by atoms with van der Waals surface area (Å²) in [5, 5.41) is 6.47. The summed E-state index contributed by atoms with van der Waals surface area (Å²) in [5.74, 6) is 0.915. The van der Waals surface area contributed by atoms with Crippen molar-refractivity contribution in [2.24, 2.45) is 11.8 Å². The first-order valence-corrected chi connectivity index (χ1v) is 7.20. The van der Waals surface area contributed by atoms with Gasteiger partial charge in [0.2, 0.25) is 5.91 Å². The molecule has 3 atom stereocenters. The van der Waals surface area contributed by atoms with E-state index < -0.39 is 0 Å². The first-order chi connectivity index (χ1) is 9.15. The number of hydrogen-bond acceptors (Lipinski definition) is 2. The van der Waals surface area contributed by atoms with E-state index in [4.69, 9.17) is 0 Å². The van der Waals surface area contributed by atoms with Crippen molar-refractivity contribution in [1.29, 1.82) is 0 Å². The van der Waals surface area contributed by atoms with Gasteiger partial charge in [-0.2, -0.15) is 0 Å². The number of carbonyl (C=O) groups excluding carboxylic acids is 1. The van der Waals surface area contributed by atoms with Crippen molar-refractivity contribution >= 4 is 5.91 Å². The molecule has 0 aliphatic carbocycles. The lowest BCUT2D eigenvalue weighted by atomic mass is 9.91. The molecule has 3 unspecified atom stereocenters. The zero-order valence-corrected chi connectivity index (χ0v) is 11.9. The molecule has 1 amide bonds. The molecule has 1 aliphatic heterocycles. The Kier molecular flexibility index (Phi) is 4.97. The Morgan fingerprint density at radius 3 is 2.79 bits per heavy atom. The van der Waals surface area contributed by atoms with Crippen LogP contribution in [0.2, 0.25) is 0 Å². The first kappa shape index (κ1) is 14.1. The third-order valence-corrected chi connectivity index (χ3v) is 3.71. The molecule has 2 rings (SSSR count). The van der Waals surface area contributed by atoms with E-state index in [0.717, 1.165) is 25.9 Å². The molecule has 19 heavy (non-hydrogen) atoms. The zero-order chi connectivity index (χ0) is 13.7. The van der Waals surface area contributed by atoms with Crippen LogP contribution in [0.3, 0.4) is 0 Å². The molecule has 0 saturated carbocycles. The lowest BCUT2D eigenvalue weighted by molar-refractivity contribution is -0.126. The molecule has 0 spiro atoms. The summed E-state index contributed by atoms with van der Waals surface area (Å²) >= 11 is 0. The summed E-state index contributed by atoms with van der Waals surface area (Å²) in [5.41, 5.74) is 1.27. The van der Waals surface area contributed by atoms with Crippen molar-refractivity contribution in [1.82, 2.24) is 10.6 Å². The second-order valence-electron chi connectivity index (χ2n) is 5.80. The Labute approximate surface area is 115 Å². The van der Waals surface area contributed by atoms with Gasteiger partial charge in [-0.05, 0) is 37.8 Å². The van der Waals surface area contributed by atoms with Crippen molar-refractivity contribution in [2.75, 3.05) is 13.1 Å². The fraction of sp³-hybridized carbons (Fsp3) is 0.562. The lowest BCUT2D eigenvalue weighted by Gasteiger charge is -2.28. The molecule has 1 aromatic rings. The molecule has 0 aromatic heterocycles. The maximum atomic E-state index is 12.2. The van der Waals surface area contributed by atoms with Gasteiger partial charge >= 0.3 is 0 Å². The van der Waals surface area contributed by atoms with Crippen molar-refractivity contribution in [3.63, 3.8) is 0 Å². The molecule has 2 N–H and O–H groups in total. The van der Waals surface area contributed by atoms with Crippen LogP contribution in [-0.4, -0.2) is 25.0 Å². The standard InChI is InChI=1S/C16H24N2O/c1-12-8-15(11-17-10-12)16(19)18-13(2)9-14-6-4-3-5-7-14/h3-7,12-13,15,17H,8-11H2,1-2H3,(H,18,19). The molecule has 3 heteroatoms. The molecule has 0 bridgehead atoms. The minimum Gasteiger partial charge on any atom is -0.353 e. The van der Waals surface area contributed by atoms with Crippen LogP contribution < -0.4 is 10.6 Å². The number of benzene rings is 1. The summed E-state index contributed by atoms with van der Waals surface area (Å²) in [6.45, 7) is 6.11. The molecule has 1 fully saturated rings. The normalized spacial score (nSPS) is 24.7. The summed E-state index contributed by atoms with van der Waals surface area (Å²) in [4.78, 5) is 12.2. The van der Waals surface area contributed by atoms with Gasteiger partial charge in [0.05, 0.1) is 5.92 Å². The van der Waals surface area contributed by atoms with Gasteiger partial charge in [0.25, 0.3) is 0 Å². The number of carbonyl (C=O) groups is 1. The molecule has 1 heterocycles. The Morgan fingerprint density at radius 2 is 2.11 bits per heavy atom. The van der Waals surface area contributed by atoms with E-state index in [0.29, 0.717) is 5.92 Å². The average molecular weight is 260 g/mol. The van der Waals surface area contributed by atoms with Crippen LogP contribution in [0.25, 0.3) is 0 Å². The third kappa shape index (κ3) is 4.35. The van der Waals surface area contributed by atoms with E-state index in [1.807, 2.05) is 18.2 Å². The van der Waals surface area contributed by atoms with Crippen LogP contribution in [0.15, 0.2) is 30.3 Å². The van der Waals surface area contributed by atoms with Crippen LogP contribution >= 0.6 is 0 Å². The van der Waals surface area contributed by atoms with Gasteiger partial charge in [0.1, 0.15) is 0 Å². The van der Waals surface area contributed by atoms with E-state index in [9.17, 15) is 4.79 Å². The molecule has 104 valence electrons. The highest BCUT2D eigenvalue weighted by molar-refractivity contribution is 5.79. The monoisotopic (exact) mass is 260 g/mol. The topological polar surface area (TPSA) is 41.1 Å². The quantitative estimate of drug-likeness (QED) is 0.869. The van der Waals surface area contributed by atoms with Gasteiger partial charge in [-0.25, -0.2) is 0 Å². The SMILES string of the molecule is CC1CNCC(C(=O)NC(C)Cc2ccccc2)C1. The lowest BCUT2D eigenvalue weighted by Crippen LogP contribution is -2.46. The van der Waals surface area contributed by atoms with Crippen LogP contribution in [0.1, 0.15) is 25.8 Å². The van der Waals surface area contributed by atoms with Crippen molar-refractivity contribution in [2.45, 2.75) is 32.7 Å². The van der Waals surface area contributed by atoms with Gasteiger partial charge in [-0.1, -0.05) is 37.3 Å². The second kappa shape index (κ2) is 6.71. The average Bonchev–Trinajstić information content (AvgIpc) is 2.39. The first-order valence-electron chi connectivity index (χ1n) is 7.20. The van der Waals surface area contributed by atoms with Gasteiger partial charge in [-0.3, -0.25) is 4.79 Å². The summed E-state index contributed by atoms with van der Waals surface area (Å²) in [6, 6.07) is 10.5. The highest BCUT2D eigenvalue weighted by Gasteiger charge is 2.25. The van der Waals surface area contributed by atoms with Crippen LogP contribution in [0, 0.1) is 11.8 Å². The summed E-state index contributed by atoms with van der Waals surface area (Å²) in [6.07, 6.45) is 1.89. The smallest absolute Gasteiger partial charge is 0.224 e. The predicted molar refractivity (Wildman–Crippen MR) is 77.9 cm³/mol. The maximum absolute atomic E-state index is 12.2. The van der Waals surface area contributed by atoms with Gasteiger partial charge in [-0.15, -0.1) is 0 Å². The van der Waals surface area contributed by atoms with E-state index in [1.165, 1.54) is 5.56 Å². The number of amides is 1. The van der Waals surface area contributed by atoms with Crippen LogP contribution in [0.5, 0.6) is 0 Å². The van der Waals surface area contributed by atoms with Gasteiger partial charge in [0.15, 0.2) is 0 Å². The Bertz CT molecular complexity index is 404. The maximum Gasteiger partial charge on any atom is 0.224 e. The van der Waals surface area contributed by atoms with Crippen LogP contribution in [-0.2, 0) is 11.2 Å². The van der Waals surface area contributed by atoms with Crippen molar-refractivity contribution < 1.29 is 4.79 Å². The van der Waals surface area contributed by atoms with Crippen LogP contribution in [0.4, 0.5) is 0 Å². The Balaban J connectivity index is 1.81. The molecule has 1 aliphatic rings. The fourth-order valence-electron chi connectivity index (χ4n) is 2.74. The third-order valence-electron chi connectivity index (χ3n) is 3.71. The molecular formula is C16H24N2O. The highest BCUT2D eigenvalue weighted by atomic mass is 16.1. The number of piperidine rings is 1. The Hall–Kier alpha value is -1.35. The molecular weight excluding hydrogens is 236 g/mol.